The Morgan fingerprint density at radius 3 is 2.45 bits per heavy atom. The summed E-state index contributed by atoms with van der Waals surface area (Å²) in [6, 6.07) is 5.69. The largest absolute Gasteiger partial charge is 0.345 e. The third kappa shape index (κ3) is 5.08. The lowest BCUT2D eigenvalue weighted by atomic mass is 10.1. The highest BCUT2D eigenvalue weighted by atomic mass is 32.2. The number of nitrogens with two attached hydrogens (primary N) is 1. The lowest BCUT2D eigenvalue weighted by molar-refractivity contribution is 0.0827. The van der Waals surface area contributed by atoms with Gasteiger partial charge in [0, 0.05) is 32.2 Å². The quantitative estimate of drug-likeness (QED) is 0.782. The molecule has 1 aromatic carbocycles. The van der Waals surface area contributed by atoms with Crippen LogP contribution in [0.2, 0.25) is 0 Å². The first-order valence-electron chi connectivity index (χ1n) is 7.21. The molecule has 1 rings (SSSR count). The molecule has 0 saturated carbocycles. The Labute approximate surface area is 132 Å². The van der Waals surface area contributed by atoms with E-state index in [9.17, 15) is 13.2 Å². The predicted molar refractivity (Wildman–Crippen MR) is 87.1 cm³/mol. The fourth-order valence-electron chi connectivity index (χ4n) is 2.10. The number of hydrogen-bond donors (Lipinski definition) is 2. The van der Waals surface area contributed by atoms with E-state index in [2.05, 4.69) is 4.72 Å². The molecule has 7 heteroatoms. The Bertz CT molecular complexity index is 612. The maximum Gasteiger partial charge on any atom is 0.253 e. The molecule has 22 heavy (non-hydrogen) atoms. The molecule has 0 aliphatic carbocycles. The molecule has 0 aliphatic heterocycles. The van der Waals surface area contributed by atoms with Crippen molar-refractivity contribution >= 4 is 15.9 Å². The summed E-state index contributed by atoms with van der Waals surface area (Å²) in [5, 5.41) is 0. The molecule has 3 N–H and O–H groups in total. The predicted octanol–water partition coefficient (Wildman–Crippen LogP) is 1.04. The Morgan fingerprint density at radius 1 is 1.32 bits per heavy atom. The van der Waals surface area contributed by atoms with Crippen molar-refractivity contribution in [1.29, 1.82) is 0 Å². The number of nitrogens with one attached hydrogen (secondary N) is 1. The van der Waals surface area contributed by atoms with E-state index < -0.39 is 10.0 Å². The van der Waals surface area contributed by atoms with Gasteiger partial charge in [0.1, 0.15) is 0 Å². The maximum atomic E-state index is 12.4. The highest BCUT2D eigenvalue weighted by Crippen LogP contribution is 2.14. The van der Waals surface area contributed by atoms with E-state index in [1.807, 2.05) is 13.8 Å². The average molecular weight is 327 g/mol. The highest BCUT2D eigenvalue weighted by molar-refractivity contribution is 7.89. The van der Waals surface area contributed by atoms with Gasteiger partial charge in [-0.05, 0) is 30.5 Å². The van der Waals surface area contributed by atoms with Crippen LogP contribution in [0.25, 0.3) is 0 Å². The second kappa shape index (κ2) is 7.71. The Balaban J connectivity index is 3.03. The molecule has 0 spiro atoms. The molecule has 0 fully saturated rings. The number of benzene rings is 1. The van der Waals surface area contributed by atoms with Gasteiger partial charge in [-0.1, -0.05) is 19.9 Å². The van der Waals surface area contributed by atoms with E-state index in [4.69, 9.17) is 5.73 Å². The number of carbonyl (C=O) groups excluding carboxylic acids is 1. The lowest BCUT2D eigenvalue weighted by Crippen LogP contribution is -2.41. The second-order valence-corrected chi connectivity index (χ2v) is 7.62. The normalized spacial score (nSPS) is 13.2. The van der Waals surface area contributed by atoms with Crippen molar-refractivity contribution in [2.75, 3.05) is 20.6 Å². The lowest BCUT2D eigenvalue weighted by Gasteiger charge is -2.19. The summed E-state index contributed by atoms with van der Waals surface area (Å²) in [6.07, 6.45) is 0.659. The molecule has 0 aromatic heterocycles. The van der Waals surface area contributed by atoms with Gasteiger partial charge in [0.2, 0.25) is 10.0 Å². The molecule has 0 radical (unpaired) electrons. The summed E-state index contributed by atoms with van der Waals surface area (Å²) in [5.74, 6) is 0.0903. The molecule has 0 heterocycles. The fourth-order valence-corrected chi connectivity index (χ4v) is 3.41. The number of hydrogen-bond acceptors (Lipinski definition) is 4. The van der Waals surface area contributed by atoms with Gasteiger partial charge in [0.15, 0.2) is 0 Å². The van der Waals surface area contributed by atoms with Crippen LogP contribution < -0.4 is 10.5 Å². The van der Waals surface area contributed by atoms with Gasteiger partial charge >= 0.3 is 0 Å². The van der Waals surface area contributed by atoms with Crippen molar-refractivity contribution in [3.05, 3.63) is 29.8 Å². The molecule has 6 nitrogen and oxygen atoms in total. The maximum absolute atomic E-state index is 12.4. The number of nitrogens with zero attached hydrogens (tertiary/aromatic N) is 1. The van der Waals surface area contributed by atoms with Gasteiger partial charge in [-0.25, -0.2) is 13.1 Å². The van der Waals surface area contributed by atoms with E-state index >= 15 is 0 Å². The van der Waals surface area contributed by atoms with Crippen molar-refractivity contribution in [3.8, 4) is 0 Å². The van der Waals surface area contributed by atoms with Crippen molar-refractivity contribution < 1.29 is 13.2 Å². The molecule has 0 aliphatic rings. The van der Waals surface area contributed by atoms with Crippen LogP contribution in [-0.4, -0.2) is 45.9 Å². The number of carbonyl (C=O) groups is 1. The number of amides is 1. The van der Waals surface area contributed by atoms with Gasteiger partial charge in [0.05, 0.1) is 4.90 Å². The summed E-state index contributed by atoms with van der Waals surface area (Å²) in [6.45, 7) is 4.24. The molecular formula is C15H25N3O3S. The molecule has 124 valence electrons. The molecule has 0 saturated heterocycles. The van der Waals surface area contributed by atoms with Crippen molar-refractivity contribution in [3.63, 3.8) is 0 Å². The van der Waals surface area contributed by atoms with Gasteiger partial charge < -0.3 is 10.6 Å². The van der Waals surface area contributed by atoms with Gasteiger partial charge in [-0.15, -0.1) is 0 Å². The molecule has 1 aromatic rings. The van der Waals surface area contributed by atoms with Crippen LogP contribution in [0.5, 0.6) is 0 Å². The fraction of sp³-hybridized carbons (Fsp3) is 0.533. The first-order valence-corrected chi connectivity index (χ1v) is 8.69. The van der Waals surface area contributed by atoms with Gasteiger partial charge in [-0.2, -0.15) is 0 Å². The van der Waals surface area contributed by atoms with Gasteiger partial charge in [-0.3, -0.25) is 4.79 Å². The Morgan fingerprint density at radius 2 is 1.95 bits per heavy atom. The van der Waals surface area contributed by atoms with E-state index in [1.54, 1.807) is 26.2 Å². The zero-order chi connectivity index (χ0) is 16.9. The minimum Gasteiger partial charge on any atom is -0.345 e. The van der Waals surface area contributed by atoms with Crippen molar-refractivity contribution in [2.45, 2.75) is 31.2 Å². The third-order valence-electron chi connectivity index (χ3n) is 3.16. The smallest absolute Gasteiger partial charge is 0.253 e. The van der Waals surface area contributed by atoms with Gasteiger partial charge in [0.25, 0.3) is 5.91 Å². The summed E-state index contributed by atoms with van der Waals surface area (Å²) in [4.78, 5) is 13.4. The number of sulfonamides is 1. The van der Waals surface area contributed by atoms with E-state index in [0.717, 1.165) is 0 Å². The topological polar surface area (TPSA) is 92.5 Å². The SMILES string of the molecule is CC(C)CC(CN)NS(=O)(=O)c1cccc(C(=O)N(C)C)c1. The van der Waals surface area contributed by atoms with Crippen LogP contribution in [0.15, 0.2) is 29.2 Å². The van der Waals surface area contributed by atoms with Crippen LogP contribution in [0.4, 0.5) is 0 Å². The zero-order valence-corrected chi connectivity index (χ0v) is 14.4. The van der Waals surface area contributed by atoms with E-state index in [0.29, 0.717) is 17.9 Å². The van der Waals surface area contributed by atoms with E-state index in [1.165, 1.54) is 17.0 Å². The summed E-state index contributed by atoms with van der Waals surface area (Å²) in [5.41, 5.74) is 5.97. The Kier molecular flexibility index (Phi) is 6.52. The van der Waals surface area contributed by atoms with E-state index in [-0.39, 0.29) is 23.4 Å². The summed E-state index contributed by atoms with van der Waals surface area (Å²) in [7, 11) is -0.460. The molecule has 1 amide bonds. The standard InChI is InChI=1S/C15H25N3O3S/c1-11(2)8-13(10-16)17-22(20,21)14-7-5-6-12(9-14)15(19)18(3)4/h5-7,9,11,13,17H,8,10,16H2,1-4H3. The Hall–Kier alpha value is -1.44. The summed E-state index contributed by atoms with van der Waals surface area (Å²) < 4.78 is 27.5. The van der Waals surface area contributed by atoms with Crippen LogP contribution in [0.3, 0.4) is 0 Å². The monoisotopic (exact) mass is 327 g/mol. The van der Waals surface area contributed by atoms with Crippen LogP contribution in [0, 0.1) is 5.92 Å². The number of rotatable bonds is 7. The summed E-state index contributed by atoms with van der Waals surface area (Å²) >= 11 is 0. The average Bonchev–Trinajstić information content (AvgIpc) is 2.45. The zero-order valence-electron chi connectivity index (χ0n) is 13.5. The van der Waals surface area contributed by atoms with Crippen LogP contribution in [-0.2, 0) is 10.0 Å². The van der Waals surface area contributed by atoms with Crippen molar-refractivity contribution in [1.82, 2.24) is 9.62 Å². The van der Waals surface area contributed by atoms with Crippen LogP contribution >= 0.6 is 0 Å². The van der Waals surface area contributed by atoms with Crippen LogP contribution in [0.1, 0.15) is 30.6 Å². The molecular weight excluding hydrogens is 302 g/mol. The second-order valence-electron chi connectivity index (χ2n) is 5.91. The molecule has 0 bridgehead atoms. The third-order valence-corrected chi connectivity index (χ3v) is 4.68. The molecule has 1 unspecified atom stereocenters. The first-order chi connectivity index (χ1) is 10.2. The van der Waals surface area contributed by atoms with Crippen molar-refractivity contribution in [2.24, 2.45) is 11.7 Å². The minimum atomic E-state index is -3.70. The highest BCUT2D eigenvalue weighted by Gasteiger charge is 2.21. The first kappa shape index (κ1) is 18.6. The minimum absolute atomic E-state index is 0.0717. The molecule has 1 atom stereocenters.